The van der Waals surface area contributed by atoms with Crippen molar-refractivity contribution in [3.8, 4) is 0 Å². The van der Waals surface area contributed by atoms with Crippen LogP contribution in [0, 0.1) is 0 Å². The quantitative estimate of drug-likeness (QED) is 0.863. The Morgan fingerprint density at radius 3 is 3.00 bits per heavy atom. The van der Waals surface area contributed by atoms with E-state index in [4.69, 9.17) is 4.98 Å². The fourth-order valence-electron chi connectivity index (χ4n) is 4.85. The van der Waals surface area contributed by atoms with Gasteiger partial charge in [-0.05, 0) is 45.6 Å². The van der Waals surface area contributed by atoms with Gasteiger partial charge in [-0.2, -0.15) is 5.10 Å². The maximum Gasteiger partial charge on any atom is 0.274 e. The molecule has 28 heavy (non-hydrogen) atoms. The molecule has 2 aliphatic heterocycles. The summed E-state index contributed by atoms with van der Waals surface area (Å²) in [6.07, 6.45) is 9.32. The van der Waals surface area contributed by atoms with Gasteiger partial charge in [0.25, 0.3) is 5.91 Å². The van der Waals surface area contributed by atoms with Crippen molar-refractivity contribution in [1.29, 1.82) is 0 Å². The van der Waals surface area contributed by atoms with E-state index in [0.717, 1.165) is 75.2 Å². The Labute approximate surface area is 165 Å². The molecule has 1 aliphatic carbocycles. The minimum Gasteiger partial charge on any atom is -0.337 e. The third kappa shape index (κ3) is 3.21. The molecule has 0 saturated carbocycles. The predicted molar refractivity (Wildman–Crippen MR) is 105 cm³/mol. The molecular formula is C21H28N6O. The number of H-pyrrole nitrogens is 1. The van der Waals surface area contributed by atoms with Gasteiger partial charge in [-0.15, -0.1) is 0 Å². The molecule has 2 aromatic rings. The largest absolute Gasteiger partial charge is 0.337 e. The van der Waals surface area contributed by atoms with Gasteiger partial charge in [0.1, 0.15) is 5.82 Å². The predicted octanol–water partition coefficient (Wildman–Crippen LogP) is 2.09. The number of fused-ring (bicyclic) bond motifs is 2. The molecule has 4 heterocycles. The summed E-state index contributed by atoms with van der Waals surface area (Å²) >= 11 is 0. The summed E-state index contributed by atoms with van der Waals surface area (Å²) in [5.41, 5.74) is 5.38. The molecule has 0 radical (unpaired) electrons. The minimum atomic E-state index is 0.0729. The van der Waals surface area contributed by atoms with Gasteiger partial charge in [0.2, 0.25) is 0 Å². The van der Waals surface area contributed by atoms with Gasteiger partial charge in [-0.3, -0.25) is 9.89 Å². The second-order valence-electron chi connectivity index (χ2n) is 8.51. The molecule has 3 aliphatic rings. The van der Waals surface area contributed by atoms with Gasteiger partial charge in [0, 0.05) is 67.2 Å². The van der Waals surface area contributed by atoms with Crippen LogP contribution in [0.1, 0.15) is 70.4 Å². The minimum absolute atomic E-state index is 0.0729. The molecule has 0 unspecified atom stereocenters. The lowest BCUT2D eigenvalue weighted by molar-refractivity contribution is 0.0697. The van der Waals surface area contributed by atoms with E-state index in [0.29, 0.717) is 12.2 Å². The van der Waals surface area contributed by atoms with E-state index < -0.39 is 0 Å². The highest BCUT2D eigenvalue weighted by molar-refractivity contribution is 5.94. The van der Waals surface area contributed by atoms with E-state index in [2.05, 4.69) is 27.1 Å². The molecule has 0 bridgehead atoms. The monoisotopic (exact) mass is 380 g/mol. The van der Waals surface area contributed by atoms with Crippen LogP contribution in [-0.2, 0) is 25.8 Å². The topological polar surface area (TPSA) is 78.0 Å². The number of hydrogen-bond acceptors (Lipinski definition) is 5. The van der Waals surface area contributed by atoms with Crippen LogP contribution in [0.2, 0.25) is 0 Å². The molecule has 0 spiro atoms. The highest BCUT2D eigenvalue weighted by Crippen LogP contribution is 2.29. The Hall–Kier alpha value is -2.28. The molecule has 148 valence electrons. The Morgan fingerprint density at radius 1 is 1.18 bits per heavy atom. The van der Waals surface area contributed by atoms with Crippen molar-refractivity contribution in [2.75, 3.05) is 26.7 Å². The highest BCUT2D eigenvalue weighted by atomic mass is 16.2. The van der Waals surface area contributed by atoms with Crippen molar-refractivity contribution < 1.29 is 4.79 Å². The molecule has 1 N–H and O–H groups in total. The molecule has 0 aromatic carbocycles. The summed E-state index contributed by atoms with van der Waals surface area (Å²) in [4.78, 5) is 27.0. The van der Waals surface area contributed by atoms with Gasteiger partial charge in [0.05, 0.1) is 0 Å². The van der Waals surface area contributed by atoms with Gasteiger partial charge in [-0.1, -0.05) is 0 Å². The van der Waals surface area contributed by atoms with Crippen molar-refractivity contribution in [3.63, 3.8) is 0 Å². The molecule has 1 fully saturated rings. The summed E-state index contributed by atoms with van der Waals surface area (Å²) in [5.74, 6) is 1.20. The Bertz CT molecular complexity index is 891. The number of amides is 1. The average molecular weight is 380 g/mol. The number of likely N-dealkylation sites (N-methyl/N-ethyl adjacent to an activating group) is 1. The second-order valence-corrected chi connectivity index (χ2v) is 8.51. The van der Waals surface area contributed by atoms with Crippen molar-refractivity contribution in [3.05, 3.63) is 40.2 Å². The van der Waals surface area contributed by atoms with Crippen molar-refractivity contribution in [2.24, 2.45) is 0 Å². The van der Waals surface area contributed by atoms with Gasteiger partial charge < -0.3 is 9.80 Å². The van der Waals surface area contributed by atoms with E-state index >= 15 is 0 Å². The van der Waals surface area contributed by atoms with Crippen LogP contribution in [-0.4, -0.2) is 62.6 Å². The zero-order valence-corrected chi connectivity index (χ0v) is 16.6. The first-order chi connectivity index (χ1) is 13.7. The molecule has 1 atom stereocenters. The number of rotatable bonds is 2. The molecule has 5 rings (SSSR count). The van der Waals surface area contributed by atoms with E-state index in [1.807, 2.05) is 11.1 Å². The van der Waals surface area contributed by atoms with Crippen molar-refractivity contribution in [1.82, 2.24) is 30.0 Å². The van der Waals surface area contributed by atoms with Crippen LogP contribution in [0.25, 0.3) is 0 Å². The van der Waals surface area contributed by atoms with Gasteiger partial charge in [0.15, 0.2) is 5.69 Å². The highest BCUT2D eigenvalue weighted by Gasteiger charge is 2.31. The van der Waals surface area contributed by atoms with Crippen LogP contribution in [0.4, 0.5) is 0 Å². The maximum atomic E-state index is 13.2. The van der Waals surface area contributed by atoms with Crippen LogP contribution in [0.15, 0.2) is 6.20 Å². The molecule has 7 heteroatoms. The number of piperidine rings is 1. The molecular weight excluding hydrogens is 352 g/mol. The lowest BCUT2D eigenvalue weighted by atomic mass is 9.94. The summed E-state index contributed by atoms with van der Waals surface area (Å²) < 4.78 is 0. The summed E-state index contributed by atoms with van der Waals surface area (Å²) in [6.45, 7) is 3.46. The van der Waals surface area contributed by atoms with Crippen LogP contribution in [0.5, 0.6) is 0 Å². The second kappa shape index (κ2) is 7.28. The molecule has 2 aromatic heterocycles. The third-order valence-electron chi connectivity index (χ3n) is 6.48. The number of aromatic amines is 1. The normalized spacial score (nSPS) is 22.6. The van der Waals surface area contributed by atoms with E-state index in [9.17, 15) is 4.79 Å². The maximum absolute atomic E-state index is 13.2. The van der Waals surface area contributed by atoms with E-state index in [1.54, 1.807) is 0 Å². The zero-order chi connectivity index (χ0) is 19.1. The zero-order valence-electron chi connectivity index (χ0n) is 16.6. The summed E-state index contributed by atoms with van der Waals surface area (Å²) in [5, 5.41) is 7.48. The number of aryl methyl sites for hydroxylation is 1. The van der Waals surface area contributed by atoms with Gasteiger partial charge >= 0.3 is 0 Å². The van der Waals surface area contributed by atoms with Crippen molar-refractivity contribution >= 4 is 5.91 Å². The first kappa shape index (κ1) is 17.8. The van der Waals surface area contributed by atoms with E-state index in [-0.39, 0.29) is 11.8 Å². The lowest BCUT2D eigenvalue weighted by Crippen LogP contribution is -2.40. The van der Waals surface area contributed by atoms with Crippen LogP contribution >= 0.6 is 0 Å². The van der Waals surface area contributed by atoms with Crippen LogP contribution < -0.4 is 0 Å². The summed E-state index contributed by atoms with van der Waals surface area (Å²) in [6, 6.07) is 0. The van der Waals surface area contributed by atoms with Crippen LogP contribution in [0.3, 0.4) is 0 Å². The number of likely N-dealkylation sites (tertiary alicyclic amines) is 1. The molecule has 1 saturated heterocycles. The Morgan fingerprint density at radius 2 is 2.07 bits per heavy atom. The Balaban J connectivity index is 1.34. The fourth-order valence-corrected chi connectivity index (χ4v) is 4.85. The SMILES string of the molecule is CN1CCc2nc([C@@H]3CCCN(C(=O)c4n[nH]c5c4CCCC5)C3)ncc2C1. The molecule has 7 nitrogen and oxygen atoms in total. The average Bonchev–Trinajstić information content (AvgIpc) is 3.17. The van der Waals surface area contributed by atoms with Gasteiger partial charge in [-0.25, -0.2) is 9.97 Å². The number of carbonyl (C=O) groups is 1. The summed E-state index contributed by atoms with van der Waals surface area (Å²) in [7, 11) is 2.13. The Kier molecular flexibility index (Phi) is 4.62. The van der Waals surface area contributed by atoms with E-state index in [1.165, 1.54) is 17.7 Å². The first-order valence-corrected chi connectivity index (χ1v) is 10.6. The standard InChI is InChI=1S/C21H28N6O/c1-26-10-8-17-15(12-26)11-22-20(23-17)14-5-4-9-27(13-14)21(28)19-16-6-2-3-7-18(16)24-25-19/h11,14H,2-10,12-13H2,1H3,(H,24,25)/t14-/m1/s1. The van der Waals surface area contributed by atoms with Crippen molar-refractivity contribution in [2.45, 2.75) is 57.4 Å². The third-order valence-corrected chi connectivity index (χ3v) is 6.48. The smallest absolute Gasteiger partial charge is 0.274 e. The number of hydrogen-bond donors (Lipinski definition) is 1. The number of aromatic nitrogens is 4. The number of nitrogens with one attached hydrogen (secondary N) is 1. The molecule has 1 amide bonds. The first-order valence-electron chi connectivity index (χ1n) is 10.6. The number of nitrogens with zero attached hydrogens (tertiary/aromatic N) is 5. The number of carbonyl (C=O) groups excluding carboxylic acids is 1. The lowest BCUT2D eigenvalue weighted by Gasteiger charge is -2.32. The fraction of sp³-hybridized carbons (Fsp3) is 0.619.